The van der Waals surface area contributed by atoms with Gasteiger partial charge in [0.15, 0.2) is 11.5 Å². The average Bonchev–Trinajstić information content (AvgIpc) is 3.55. The Morgan fingerprint density at radius 3 is 2.28 bits per heavy atom. The zero-order valence-corrected chi connectivity index (χ0v) is 26.9. The Kier molecular flexibility index (Phi) is 10.8. The van der Waals surface area contributed by atoms with Gasteiger partial charge in [0.05, 0.1) is 6.04 Å². The van der Waals surface area contributed by atoms with E-state index in [4.69, 9.17) is 16.1 Å². The molecule has 1 aromatic heterocycles. The standard InChI is InChI=1S/C37H42ClN5O3/c38-30-16-14-29(15-17-30)35-24-34(41-46-35)36(44)39-25-31-18-23-43(37(45)33(40-31)19-22-42-20-8-3-9-21-42)26-32(27-10-4-1-5-11-27)28-12-6-2-7-13-28/h1-2,4-7,10-17,24,31-33,40H,3,8-9,18-23,25-26H2,(H,39,44). The van der Waals surface area contributed by atoms with Crippen LogP contribution in [0.3, 0.4) is 0 Å². The molecule has 3 aromatic carbocycles. The van der Waals surface area contributed by atoms with Gasteiger partial charge in [-0.15, -0.1) is 0 Å². The van der Waals surface area contributed by atoms with Crippen LogP contribution in [0.1, 0.15) is 59.6 Å². The number of benzene rings is 3. The summed E-state index contributed by atoms with van der Waals surface area (Å²) in [6.07, 6.45) is 5.15. The molecule has 0 bridgehead atoms. The molecule has 0 radical (unpaired) electrons. The van der Waals surface area contributed by atoms with Gasteiger partial charge in [-0.25, -0.2) is 0 Å². The molecule has 2 aliphatic rings. The highest BCUT2D eigenvalue weighted by molar-refractivity contribution is 6.30. The van der Waals surface area contributed by atoms with E-state index < -0.39 is 0 Å². The molecule has 4 aromatic rings. The Labute approximate surface area is 276 Å². The predicted octanol–water partition coefficient (Wildman–Crippen LogP) is 5.99. The van der Waals surface area contributed by atoms with Crippen LogP contribution in [0.15, 0.2) is 95.5 Å². The second kappa shape index (κ2) is 15.5. The highest BCUT2D eigenvalue weighted by Gasteiger charge is 2.33. The molecule has 2 N–H and O–H groups in total. The number of piperidine rings is 1. The quantitative estimate of drug-likeness (QED) is 0.210. The second-order valence-corrected chi connectivity index (χ2v) is 12.8. The molecule has 0 saturated carbocycles. The molecule has 0 aliphatic carbocycles. The fourth-order valence-electron chi connectivity index (χ4n) is 6.56. The molecule has 3 heterocycles. The van der Waals surface area contributed by atoms with E-state index in [1.807, 2.05) is 29.2 Å². The second-order valence-electron chi connectivity index (χ2n) is 12.3. The van der Waals surface area contributed by atoms with Gasteiger partial charge in [0.25, 0.3) is 5.91 Å². The Morgan fingerprint density at radius 1 is 0.935 bits per heavy atom. The van der Waals surface area contributed by atoms with Crippen molar-refractivity contribution in [2.75, 3.05) is 39.3 Å². The minimum Gasteiger partial charge on any atom is -0.355 e. The highest BCUT2D eigenvalue weighted by atomic mass is 35.5. The molecule has 0 spiro atoms. The van der Waals surface area contributed by atoms with E-state index in [9.17, 15) is 9.59 Å². The monoisotopic (exact) mass is 639 g/mol. The first kappa shape index (κ1) is 32.0. The first-order chi connectivity index (χ1) is 22.5. The average molecular weight is 640 g/mol. The molecule has 240 valence electrons. The zero-order chi connectivity index (χ0) is 31.7. The molecular formula is C37H42ClN5O3. The number of halogens is 1. The number of aromatic nitrogens is 1. The maximum atomic E-state index is 14.2. The lowest BCUT2D eigenvalue weighted by atomic mass is 9.90. The number of rotatable bonds is 11. The summed E-state index contributed by atoms with van der Waals surface area (Å²) in [5.74, 6) is 0.384. The number of carbonyl (C=O) groups is 2. The lowest BCUT2D eigenvalue weighted by Gasteiger charge is -2.31. The van der Waals surface area contributed by atoms with Crippen molar-refractivity contribution in [3.05, 3.63) is 113 Å². The SMILES string of the molecule is O=C(NCC1CCN(CC(c2ccccc2)c2ccccc2)C(=O)C(CCN2CCCCC2)N1)c1cc(-c2ccc(Cl)cc2)on1. The Morgan fingerprint density at radius 2 is 1.61 bits per heavy atom. The van der Waals surface area contributed by atoms with Crippen LogP contribution in [0.25, 0.3) is 11.3 Å². The van der Waals surface area contributed by atoms with Crippen LogP contribution in [0.5, 0.6) is 0 Å². The third-order valence-electron chi connectivity index (χ3n) is 9.16. The molecule has 2 atom stereocenters. The van der Waals surface area contributed by atoms with Crippen LogP contribution in [-0.2, 0) is 4.79 Å². The van der Waals surface area contributed by atoms with Crippen molar-refractivity contribution in [3.63, 3.8) is 0 Å². The van der Waals surface area contributed by atoms with Gasteiger partial charge in [-0.1, -0.05) is 83.8 Å². The molecule has 46 heavy (non-hydrogen) atoms. The normalized spacial score (nSPS) is 19.3. The summed E-state index contributed by atoms with van der Waals surface area (Å²) in [4.78, 5) is 31.8. The van der Waals surface area contributed by atoms with E-state index in [1.54, 1.807) is 18.2 Å². The van der Waals surface area contributed by atoms with Crippen LogP contribution in [-0.4, -0.2) is 78.1 Å². The smallest absolute Gasteiger partial charge is 0.273 e. The van der Waals surface area contributed by atoms with Crippen molar-refractivity contribution < 1.29 is 14.1 Å². The van der Waals surface area contributed by atoms with Gasteiger partial charge in [0, 0.05) is 54.8 Å². The number of amides is 2. The van der Waals surface area contributed by atoms with Crippen LogP contribution >= 0.6 is 11.6 Å². The lowest BCUT2D eigenvalue weighted by molar-refractivity contribution is -0.133. The third-order valence-corrected chi connectivity index (χ3v) is 9.42. The summed E-state index contributed by atoms with van der Waals surface area (Å²) in [6.45, 7) is 4.63. The number of hydrogen-bond donors (Lipinski definition) is 2. The summed E-state index contributed by atoms with van der Waals surface area (Å²) in [5.41, 5.74) is 3.39. The van der Waals surface area contributed by atoms with Crippen molar-refractivity contribution in [1.29, 1.82) is 0 Å². The summed E-state index contributed by atoms with van der Waals surface area (Å²) in [6, 6.07) is 29.3. The summed E-state index contributed by atoms with van der Waals surface area (Å²) in [7, 11) is 0. The molecule has 2 unspecified atom stereocenters. The van der Waals surface area contributed by atoms with E-state index >= 15 is 0 Å². The van der Waals surface area contributed by atoms with Gasteiger partial charge in [-0.05, 0) is 74.2 Å². The van der Waals surface area contributed by atoms with Gasteiger partial charge in [0.2, 0.25) is 5.91 Å². The van der Waals surface area contributed by atoms with E-state index in [-0.39, 0.29) is 35.5 Å². The lowest BCUT2D eigenvalue weighted by Crippen LogP contribution is -2.50. The van der Waals surface area contributed by atoms with Gasteiger partial charge >= 0.3 is 0 Å². The zero-order valence-electron chi connectivity index (χ0n) is 26.1. The Balaban J connectivity index is 1.15. The van der Waals surface area contributed by atoms with Crippen molar-refractivity contribution in [3.8, 4) is 11.3 Å². The van der Waals surface area contributed by atoms with Crippen molar-refractivity contribution >= 4 is 23.4 Å². The van der Waals surface area contributed by atoms with Crippen molar-refractivity contribution in [2.24, 2.45) is 0 Å². The predicted molar refractivity (Wildman–Crippen MR) is 181 cm³/mol. The number of carbonyl (C=O) groups excluding carboxylic acids is 2. The maximum Gasteiger partial charge on any atom is 0.273 e. The number of nitrogens with zero attached hydrogens (tertiary/aromatic N) is 3. The van der Waals surface area contributed by atoms with Crippen molar-refractivity contribution in [1.82, 2.24) is 25.6 Å². The van der Waals surface area contributed by atoms with E-state index in [1.165, 1.54) is 30.4 Å². The Bertz CT molecular complexity index is 1520. The molecule has 6 rings (SSSR count). The fraction of sp³-hybridized carbons (Fsp3) is 0.378. The molecule has 2 amide bonds. The fourth-order valence-corrected chi connectivity index (χ4v) is 6.68. The largest absolute Gasteiger partial charge is 0.355 e. The number of nitrogens with one attached hydrogen (secondary N) is 2. The first-order valence-corrected chi connectivity index (χ1v) is 16.8. The summed E-state index contributed by atoms with van der Waals surface area (Å²) < 4.78 is 5.44. The van der Waals surface area contributed by atoms with Crippen LogP contribution in [0.2, 0.25) is 5.02 Å². The third kappa shape index (κ3) is 8.23. The van der Waals surface area contributed by atoms with Gasteiger partial charge in [0.1, 0.15) is 0 Å². The first-order valence-electron chi connectivity index (χ1n) is 16.4. The number of likely N-dealkylation sites (tertiary alicyclic amines) is 1. The van der Waals surface area contributed by atoms with Gasteiger partial charge in [-0.3, -0.25) is 9.59 Å². The highest BCUT2D eigenvalue weighted by Crippen LogP contribution is 2.27. The topological polar surface area (TPSA) is 90.7 Å². The van der Waals surface area contributed by atoms with Crippen LogP contribution < -0.4 is 10.6 Å². The van der Waals surface area contributed by atoms with Gasteiger partial charge in [-0.2, -0.15) is 0 Å². The molecular weight excluding hydrogens is 598 g/mol. The van der Waals surface area contributed by atoms with E-state index in [0.29, 0.717) is 30.4 Å². The Hall–Kier alpha value is -3.98. The maximum absolute atomic E-state index is 14.2. The minimum absolute atomic E-state index is 0.0624. The van der Waals surface area contributed by atoms with E-state index in [2.05, 4.69) is 69.2 Å². The van der Waals surface area contributed by atoms with Crippen LogP contribution in [0, 0.1) is 0 Å². The van der Waals surface area contributed by atoms with E-state index in [0.717, 1.165) is 38.0 Å². The van der Waals surface area contributed by atoms with Crippen LogP contribution in [0.4, 0.5) is 0 Å². The molecule has 2 saturated heterocycles. The summed E-state index contributed by atoms with van der Waals surface area (Å²) in [5, 5.41) is 11.3. The molecule has 9 heteroatoms. The molecule has 8 nitrogen and oxygen atoms in total. The number of hydrogen-bond acceptors (Lipinski definition) is 6. The molecule has 2 fully saturated rings. The van der Waals surface area contributed by atoms with Gasteiger partial charge < -0.3 is 25.0 Å². The molecule has 2 aliphatic heterocycles. The summed E-state index contributed by atoms with van der Waals surface area (Å²) >= 11 is 6.01. The minimum atomic E-state index is -0.331. The van der Waals surface area contributed by atoms with Crippen molar-refractivity contribution in [2.45, 2.75) is 50.1 Å².